The first kappa shape index (κ1) is 102. The molecule has 1 aliphatic heterocycles. The molecule has 0 unspecified atom stereocenters. The highest BCUT2D eigenvalue weighted by Crippen LogP contribution is 2.65. The molecular weight excluding hydrogens is 2020 g/mol. The first-order valence-electron chi connectivity index (χ1n) is 57.4. The normalized spacial score (nSPS) is 15.4. The molecule has 0 spiro atoms. The third kappa shape index (κ3) is 17.7. The number of fused-ring (bicyclic) bond motifs is 21. The molecule has 0 radical (unpaired) electrons. The van der Waals surface area contributed by atoms with Gasteiger partial charge in [0.05, 0.1) is 9.79 Å². The molecule has 7 aliphatic rings. The third-order valence-corrected chi connectivity index (χ3v) is 39.6. The van der Waals surface area contributed by atoms with Crippen LogP contribution < -0.4 is 0 Å². The van der Waals surface area contributed by atoms with E-state index in [9.17, 15) is 8.42 Å². The van der Waals surface area contributed by atoms with Gasteiger partial charge in [0, 0.05) is 73.0 Å². The minimum Gasteiger partial charge on any atom is -0.218 e. The fraction of sp³-hybridized carbons (Fsp3) is 0.380. The molecule has 750 valence electrons. The summed E-state index contributed by atoms with van der Waals surface area (Å²) < 4.78 is 32.1. The molecule has 0 saturated carbocycles. The molecule has 2 nitrogen and oxygen atoms in total. The molecule has 147 heavy (non-hydrogen) atoms. The van der Waals surface area contributed by atoms with Crippen molar-refractivity contribution in [2.24, 2.45) is 0 Å². The van der Waals surface area contributed by atoms with E-state index in [-0.39, 0.29) is 32.5 Å². The zero-order valence-electron chi connectivity index (χ0n) is 89.7. The SMILES string of the molecule is CCCCC1(CCCC)c2cc(I)ccc2-c2ccc(-c3ccc4c(c3)C(CCCC)(CCCC)c3cc(-c5ccc6c(c5)C(CCCC)(CCCC)c5cc(C#Cc7ccc8c(c7)-c7cc(C#Cc9ccc%10c(c9)C(CCCC)(CCCC)c9cc(-c%11ccc%12c(c%11)C(CCCC)(CCCC)c%11cc(-c%13ccc%14c(c%13)C(CCCC)(CCCC)c%13cc(I)ccc%13-%14)ccc%11-%12)ccc9-%10)ccc7S8(=O)=O)ccc5-6)ccc3-4)cc21. The van der Waals surface area contributed by atoms with Crippen LogP contribution in [-0.2, 0) is 42.3 Å². The molecule has 1 heterocycles. The van der Waals surface area contributed by atoms with Crippen LogP contribution in [0.3, 0.4) is 0 Å². The maximum atomic E-state index is 14.7. The van der Waals surface area contributed by atoms with Crippen molar-refractivity contribution >= 4 is 55.0 Å². The maximum Gasteiger partial charge on any atom is 0.207 e. The molecule has 6 aliphatic carbocycles. The van der Waals surface area contributed by atoms with Crippen LogP contribution in [0.15, 0.2) is 265 Å². The summed E-state index contributed by atoms with van der Waals surface area (Å²) in [5.41, 5.74) is 49.6. The Morgan fingerprint density at radius 1 is 0.177 bits per heavy atom. The van der Waals surface area contributed by atoms with Gasteiger partial charge in [0.25, 0.3) is 0 Å². The lowest BCUT2D eigenvalue weighted by Crippen LogP contribution is -2.26. The quantitative estimate of drug-likeness (QED) is 0.0283. The smallest absolute Gasteiger partial charge is 0.207 e. The summed E-state index contributed by atoms with van der Waals surface area (Å²) in [6.45, 7) is 28.4. The van der Waals surface area contributed by atoms with Crippen molar-refractivity contribution in [1.82, 2.24) is 0 Å². The van der Waals surface area contributed by atoms with E-state index >= 15 is 0 Å². The Labute approximate surface area is 908 Å². The van der Waals surface area contributed by atoms with Crippen molar-refractivity contribution in [2.75, 3.05) is 0 Å². The van der Waals surface area contributed by atoms with Crippen LogP contribution >= 0.6 is 45.2 Å². The van der Waals surface area contributed by atoms with E-state index < -0.39 is 9.84 Å². The van der Waals surface area contributed by atoms with Gasteiger partial charge < -0.3 is 0 Å². The zero-order chi connectivity index (χ0) is 102. The number of hydrogen-bond acceptors (Lipinski definition) is 2. The Balaban J connectivity index is 0.567. The van der Waals surface area contributed by atoms with E-state index in [0.29, 0.717) is 20.9 Å². The van der Waals surface area contributed by atoms with Gasteiger partial charge in [0.1, 0.15) is 0 Å². The van der Waals surface area contributed by atoms with Crippen molar-refractivity contribution in [3.63, 3.8) is 0 Å². The van der Waals surface area contributed by atoms with Crippen LogP contribution in [-0.4, -0.2) is 8.42 Å². The number of halogens is 2. The van der Waals surface area contributed by atoms with E-state index in [2.05, 4.69) is 370 Å². The Morgan fingerprint density at radius 3 is 0.510 bits per heavy atom. The predicted octanol–water partition coefficient (Wildman–Crippen LogP) is 41.1. The minimum atomic E-state index is -3.80. The Hall–Kier alpha value is -10.4. The molecule has 21 rings (SSSR count). The lowest BCUT2D eigenvalue weighted by atomic mass is 9.69. The van der Waals surface area contributed by atoms with Crippen molar-refractivity contribution in [2.45, 2.75) is 357 Å². The first-order valence-corrected chi connectivity index (χ1v) is 61.1. The number of sulfone groups is 1. The topological polar surface area (TPSA) is 34.1 Å². The summed E-state index contributed by atoms with van der Waals surface area (Å²) in [6.07, 6.45) is 41.5. The molecule has 0 amide bonds. The van der Waals surface area contributed by atoms with Gasteiger partial charge in [-0.3, -0.25) is 0 Å². The summed E-state index contributed by atoms with van der Waals surface area (Å²) >= 11 is 5.10. The van der Waals surface area contributed by atoms with E-state index in [0.717, 1.165) is 151 Å². The number of hydrogen-bond donors (Lipinski definition) is 0. The second kappa shape index (κ2) is 42.8. The van der Waals surface area contributed by atoms with Crippen LogP contribution in [0.4, 0.5) is 0 Å². The lowest BCUT2D eigenvalue weighted by molar-refractivity contribution is 0.414. The van der Waals surface area contributed by atoms with Crippen molar-refractivity contribution in [3.05, 3.63) is 351 Å². The van der Waals surface area contributed by atoms with Gasteiger partial charge in [-0.05, 0) is 434 Å². The van der Waals surface area contributed by atoms with Crippen LogP contribution in [0.5, 0.6) is 0 Å². The van der Waals surface area contributed by atoms with Crippen LogP contribution in [0.2, 0.25) is 0 Å². The molecule has 0 saturated heterocycles. The molecule has 14 aromatic carbocycles. The summed E-state index contributed by atoms with van der Waals surface area (Å²) in [5, 5.41) is 0. The van der Waals surface area contributed by atoms with Crippen LogP contribution in [0, 0.1) is 30.8 Å². The monoisotopic (exact) mass is 2170 g/mol. The van der Waals surface area contributed by atoms with Crippen molar-refractivity contribution in [3.8, 4) is 146 Å². The molecule has 5 heteroatoms. The molecular formula is C142H150I2O2S. The fourth-order valence-electron chi connectivity index (χ4n) is 28.7. The zero-order valence-corrected chi connectivity index (χ0v) is 94.8. The number of rotatable bonds is 40. The fourth-order valence-corrected chi connectivity index (χ4v) is 31.4. The van der Waals surface area contributed by atoms with Crippen molar-refractivity contribution in [1.29, 1.82) is 0 Å². The van der Waals surface area contributed by atoms with Gasteiger partial charge in [-0.15, -0.1) is 0 Å². The van der Waals surface area contributed by atoms with Gasteiger partial charge in [0.2, 0.25) is 9.84 Å². The van der Waals surface area contributed by atoms with Gasteiger partial charge in [-0.1, -0.05) is 382 Å². The average Bonchev–Trinajstić information content (AvgIpc) is 1.55. The lowest BCUT2D eigenvalue weighted by Gasteiger charge is -2.34. The summed E-state index contributed by atoms with van der Waals surface area (Å²) in [6, 6.07) is 101. The van der Waals surface area contributed by atoms with E-state index in [1.54, 1.807) is 34.4 Å². The summed E-state index contributed by atoms with van der Waals surface area (Å²) in [7, 11) is -3.80. The largest absolute Gasteiger partial charge is 0.218 e. The van der Waals surface area contributed by atoms with E-state index in [1.807, 2.05) is 24.3 Å². The van der Waals surface area contributed by atoms with Crippen LogP contribution in [0.1, 0.15) is 403 Å². The number of benzene rings is 14. The highest BCUT2D eigenvalue weighted by Gasteiger charge is 2.51. The third-order valence-electron chi connectivity index (χ3n) is 36.4. The standard InChI is InChI=1S/C142H150I2O2S/c1-13-25-69-137(70-26-14-2)123-83-97(41-55-109(123)111-57-45-99(85-125(111)137)101-47-59-113-115-61-49-103(89-129(115)139(73-29-17-5,74-30-18-6)127(113)87-101)105-51-63-117-119-65-53-107(143)93-133(119)141(77-33-21-9,78-34-22-10)131(117)91-105)39-37-95-43-67-135-121(81-95)122-82-96(44-68-136(122)147(135,145)146)38-40-98-42-56-110-112-58-46-100(86-126(112)138(71-27-15-3,72-28-16-4)124(110)84-98)102-48-60-114-116-62-50-104(90-130(116)140(75-31-19-7,76-32-20-8)128(114)88-102)106-52-64-118-120-66-54-108(144)94-134(120)142(79-35-23-11,80-36-24-12)132(118)92-106/h41-68,81-94H,13-36,69-80H2,1-12H3. The molecule has 0 fully saturated rings. The first-order chi connectivity index (χ1) is 71.8. The Kier molecular flexibility index (Phi) is 29.8. The van der Waals surface area contributed by atoms with E-state index in [1.165, 1.54) is 266 Å². The average molecular weight is 2170 g/mol. The summed E-state index contributed by atoms with van der Waals surface area (Å²) in [5.74, 6) is 14.6. The molecule has 0 N–H and O–H groups in total. The molecule has 14 aromatic rings. The second-order valence-electron chi connectivity index (χ2n) is 45.1. The molecule has 0 aromatic heterocycles. The minimum absolute atomic E-state index is 0.0205. The number of unbranched alkanes of at least 4 members (excludes halogenated alkanes) is 12. The molecule has 0 bridgehead atoms. The molecule has 0 atom stereocenters. The maximum absolute atomic E-state index is 14.7. The second-order valence-corrected chi connectivity index (χ2v) is 49.5. The van der Waals surface area contributed by atoms with Gasteiger partial charge in [-0.2, -0.15) is 0 Å². The van der Waals surface area contributed by atoms with Crippen molar-refractivity contribution < 1.29 is 8.42 Å². The van der Waals surface area contributed by atoms with Gasteiger partial charge in [0.15, 0.2) is 0 Å². The predicted molar refractivity (Wildman–Crippen MR) is 641 cm³/mol. The van der Waals surface area contributed by atoms with Gasteiger partial charge >= 0.3 is 0 Å². The summed E-state index contributed by atoms with van der Waals surface area (Å²) in [4.78, 5) is 0.645. The van der Waals surface area contributed by atoms with Crippen LogP contribution in [0.25, 0.3) is 122 Å². The highest BCUT2D eigenvalue weighted by molar-refractivity contribution is 14.1. The highest BCUT2D eigenvalue weighted by atomic mass is 127. The Bertz CT molecular complexity index is 7190. The Morgan fingerprint density at radius 2 is 0.327 bits per heavy atom. The van der Waals surface area contributed by atoms with E-state index in [4.69, 9.17) is 0 Å². The van der Waals surface area contributed by atoms with Gasteiger partial charge in [-0.25, -0.2) is 8.42 Å².